The van der Waals surface area contributed by atoms with Gasteiger partial charge < -0.3 is 115 Å². The summed E-state index contributed by atoms with van der Waals surface area (Å²) in [5.74, 6) is -31.8. The Labute approximate surface area is 429 Å². The summed E-state index contributed by atoms with van der Waals surface area (Å²) in [4.78, 5) is 96.0. The lowest BCUT2D eigenvalue weighted by atomic mass is 9.78. The van der Waals surface area contributed by atoms with Gasteiger partial charge in [-0.25, -0.2) is 28.8 Å². The largest absolute Gasteiger partial charge is 0.505 e. The lowest BCUT2D eigenvalue weighted by molar-refractivity contribution is -0.149. The van der Waals surface area contributed by atoms with E-state index in [1.54, 1.807) is 0 Å². The maximum Gasteiger partial charge on any atom is 0.343 e. The molecule has 16 N–H and O–H groups in total. The third-order valence-electron chi connectivity index (χ3n) is 12.3. The maximum atomic E-state index is 14.4. The van der Waals surface area contributed by atoms with Crippen molar-refractivity contribution in [2.45, 2.75) is 36.6 Å². The van der Waals surface area contributed by atoms with Gasteiger partial charge in [-0.15, -0.1) is 0 Å². The SMILES string of the molecule is O=C[C@H](OC(=O)c1cc(O)c(O)c(O)c1OC1=C(O)C2OC(=O)C3=CC(O)=C(O)C4OC(=O)C(=C1)C2=C34)[C@H](OC(=O)c1cc(O)c(O)c(O)c1)[C@H]1OC(=O)c2cc(O)c(O)c(O)c2-c2c(cc(O)c(O)c2O)C(=O)OC[C@H]1O. The van der Waals surface area contributed by atoms with Gasteiger partial charge in [0.05, 0.1) is 27.8 Å². The molecular weight excluding hydrogens is 1060 g/mol. The number of phenols is 12. The fraction of sp³-hybridized carbons (Fsp3) is 0.146. The van der Waals surface area contributed by atoms with Crippen molar-refractivity contribution in [3.8, 4) is 85.9 Å². The van der Waals surface area contributed by atoms with Crippen LogP contribution in [0, 0.1) is 0 Å². The molecular formula is C48H32O30. The van der Waals surface area contributed by atoms with E-state index in [-0.39, 0.29) is 17.2 Å². The van der Waals surface area contributed by atoms with Crippen molar-refractivity contribution in [3.63, 3.8) is 0 Å². The zero-order valence-corrected chi connectivity index (χ0v) is 38.2. The predicted octanol–water partition coefficient (Wildman–Crippen LogP) is 1.03. The molecule has 0 bridgehead atoms. The molecule has 0 amide bonds. The Morgan fingerprint density at radius 2 is 1.05 bits per heavy atom. The third kappa shape index (κ3) is 8.17. The van der Waals surface area contributed by atoms with Crippen LogP contribution >= 0.6 is 0 Å². The average molecular weight is 1090 g/mol. The van der Waals surface area contributed by atoms with E-state index < -0.39 is 228 Å². The number of aromatic hydroxyl groups is 12. The molecule has 0 aromatic heterocycles. The number of aliphatic hydroxyl groups is 4. The number of carbonyl (C=O) groups is 7. The summed E-state index contributed by atoms with van der Waals surface area (Å²) < 4.78 is 37.4. The van der Waals surface area contributed by atoms with Gasteiger partial charge >= 0.3 is 35.8 Å². The van der Waals surface area contributed by atoms with E-state index in [4.69, 9.17) is 33.2 Å². The minimum Gasteiger partial charge on any atom is -0.505 e. The van der Waals surface area contributed by atoms with Gasteiger partial charge in [0, 0.05) is 28.3 Å². The minimum absolute atomic E-state index is 0.253. The molecule has 9 rings (SSSR count). The number of hydrogen-bond donors (Lipinski definition) is 16. The average Bonchev–Trinajstić information content (AvgIpc) is 3.61. The molecule has 0 fully saturated rings. The van der Waals surface area contributed by atoms with Crippen molar-refractivity contribution in [1.82, 2.24) is 0 Å². The highest BCUT2D eigenvalue weighted by molar-refractivity contribution is 6.09. The van der Waals surface area contributed by atoms with Crippen molar-refractivity contribution in [1.29, 1.82) is 0 Å². The van der Waals surface area contributed by atoms with Gasteiger partial charge in [0.2, 0.25) is 23.0 Å². The van der Waals surface area contributed by atoms with Crippen molar-refractivity contribution in [2.24, 2.45) is 0 Å². The van der Waals surface area contributed by atoms with E-state index in [2.05, 4.69) is 0 Å². The highest BCUT2D eigenvalue weighted by Gasteiger charge is 2.52. The fourth-order valence-corrected chi connectivity index (χ4v) is 8.54. The van der Waals surface area contributed by atoms with E-state index in [9.17, 15) is 115 Å². The molecule has 0 radical (unpaired) electrons. The van der Waals surface area contributed by atoms with Gasteiger partial charge in [0.1, 0.15) is 18.3 Å². The number of aldehydes is 1. The normalized spacial score (nSPS) is 20.4. The summed E-state index contributed by atoms with van der Waals surface area (Å²) >= 11 is 0. The third-order valence-corrected chi connectivity index (χ3v) is 12.3. The molecule has 404 valence electrons. The molecule has 30 nitrogen and oxygen atoms in total. The Morgan fingerprint density at radius 3 is 1.62 bits per heavy atom. The van der Waals surface area contributed by atoms with E-state index >= 15 is 0 Å². The Morgan fingerprint density at radius 1 is 0.551 bits per heavy atom. The van der Waals surface area contributed by atoms with Gasteiger partial charge in [-0.3, -0.25) is 4.79 Å². The van der Waals surface area contributed by atoms with Crippen LogP contribution in [0.3, 0.4) is 0 Å². The van der Waals surface area contributed by atoms with Gasteiger partial charge in [-0.2, -0.15) is 0 Å². The van der Waals surface area contributed by atoms with Crippen LogP contribution in [-0.4, -0.2) is 167 Å². The predicted molar refractivity (Wildman–Crippen MR) is 240 cm³/mol. The van der Waals surface area contributed by atoms with E-state index in [1.165, 1.54) is 0 Å². The van der Waals surface area contributed by atoms with Crippen LogP contribution in [0.4, 0.5) is 0 Å². The van der Waals surface area contributed by atoms with Crippen LogP contribution in [0.5, 0.6) is 74.7 Å². The monoisotopic (exact) mass is 1090 g/mol. The number of phenolic OH excluding ortho intramolecular Hbond substituents is 12. The first kappa shape index (κ1) is 51.7. The summed E-state index contributed by atoms with van der Waals surface area (Å²) in [6, 6.07) is 1.92. The maximum absolute atomic E-state index is 14.4. The lowest BCUT2D eigenvalue weighted by Gasteiger charge is -2.39. The van der Waals surface area contributed by atoms with Gasteiger partial charge in [0.15, 0.2) is 112 Å². The molecule has 30 heteroatoms. The van der Waals surface area contributed by atoms with Crippen molar-refractivity contribution in [2.75, 3.05) is 6.61 Å². The number of benzene rings is 4. The second kappa shape index (κ2) is 18.6. The molecule has 0 saturated carbocycles. The summed E-state index contributed by atoms with van der Waals surface area (Å²) in [6.07, 6.45) is -13.9. The Balaban J connectivity index is 1.14. The van der Waals surface area contributed by atoms with Crippen LogP contribution in [0.25, 0.3) is 11.1 Å². The van der Waals surface area contributed by atoms with Gasteiger partial charge in [0.25, 0.3) is 0 Å². The summed E-state index contributed by atoms with van der Waals surface area (Å²) in [5, 5.41) is 170. The Hall–Kier alpha value is -11.2. The molecule has 4 aromatic carbocycles. The second-order valence-corrected chi connectivity index (χ2v) is 16.9. The quantitative estimate of drug-likeness (QED) is 0.0482. The highest BCUT2D eigenvalue weighted by atomic mass is 16.6. The number of cyclic esters (lactones) is 2. The second-order valence-electron chi connectivity index (χ2n) is 16.9. The standard InChI is InChI=1S/C48H32O30/c49-8-24(74-48(71)15-6-20(54)32(60)37(65)38(15)73-23-7-14-28-27-13(46(69)78-42(28)34(23)62)5-21(55)33(61)41(27)77-47(14)70)40(76-43(66)10-1-16(50)29(57)17(51)2-10)39-22(56)9-72-44(67)11-3-18(52)30(58)35(63)25(11)26-12(45(68)75-39)4-19(53)31(59)36(26)64/h1-8,22,24,39-42,50-65H,9H2/t22-,24+,39+,40+,41?,42?/m1/s1. The summed E-state index contributed by atoms with van der Waals surface area (Å²) in [7, 11) is 0. The smallest absolute Gasteiger partial charge is 0.343 e. The minimum atomic E-state index is -2.87. The molecule has 0 spiro atoms. The molecule has 78 heavy (non-hydrogen) atoms. The first-order valence-corrected chi connectivity index (χ1v) is 21.6. The van der Waals surface area contributed by atoms with Gasteiger partial charge in [-0.05, 0) is 36.4 Å². The summed E-state index contributed by atoms with van der Waals surface area (Å²) in [5.41, 5.74) is -8.33. The first-order chi connectivity index (χ1) is 36.7. The summed E-state index contributed by atoms with van der Waals surface area (Å²) in [6.45, 7) is -1.47. The van der Waals surface area contributed by atoms with E-state index in [0.29, 0.717) is 30.3 Å². The number of carbonyl (C=O) groups excluding carboxylic acids is 7. The van der Waals surface area contributed by atoms with E-state index in [0.717, 1.165) is 6.08 Å². The molecule has 3 aliphatic heterocycles. The zero-order valence-electron chi connectivity index (χ0n) is 38.2. The number of hydrogen-bond acceptors (Lipinski definition) is 30. The lowest BCUT2D eigenvalue weighted by Crippen LogP contribution is -2.52. The molecule has 3 heterocycles. The number of fused-ring (bicyclic) bond motifs is 3. The first-order valence-electron chi connectivity index (χ1n) is 21.6. The van der Waals surface area contributed by atoms with Crippen molar-refractivity contribution in [3.05, 3.63) is 110 Å². The molecule has 2 unspecified atom stereocenters. The van der Waals surface area contributed by atoms with Crippen molar-refractivity contribution < 1.29 is 148 Å². The molecule has 4 aromatic rings. The molecule has 2 aliphatic carbocycles. The molecule has 0 saturated heterocycles. The fourth-order valence-electron chi connectivity index (χ4n) is 8.54. The number of rotatable bonds is 9. The highest BCUT2D eigenvalue weighted by Crippen LogP contribution is 2.54. The van der Waals surface area contributed by atoms with Crippen LogP contribution in [-0.2, 0) is 42.8 Å². The van der Waals surface area contributed by atoms with Crippen LogP contribution < -0.4 is 4.74 Å². The topological polar surface area (TPSA) is 508 Å². The molecule has 5 aliphatic rings. The Kier molecular flexibility index (Phi) is 12.4. The number of allylic oxidation sites excluding steroid dienone is 2. The van der Waals surface area contributed by atoms with Crippen LogP contribution in [0.2, 0.25) is 0 Å². The van der Waals surface area contributed by atoms with Crippen LogP contribution in [0.15, 0.2) is 87.8 Å². The number of ether oxygens (including phenoxy) is 7. The number of aliphatic hydroxyl groups excluding tert-OH is 4. The van der Waals surface area contributed by atoms with Crippen LogP contribution in [0.1, 0.15) is 41.4 Å². The zero-order chi connectivity index (χ0) is 56.8. The van der Waals surface area contributed by atoms with Gasteiger partial charge in [-0.1, -0.05) is 0 Å². The van der Waals surface area contributed by atoms with E-state index in [1.807, 2.05) is 0 Å². The molecule has 6 atom stereocenters. The number of esters is 6. The Bertz CT molecular complexity index is 3590. The van der Waals surface area contributed by atoms with Crippen molar-refractivity contribution >= 4 is 42.1 Å².